The van der Waals surface area contributed by atoms with Gasteiger partial charge in [0.15, 0.2) is 0 Å². The average Bonchev–Trinajstić information content (AvgIpc) is 3.10. The lowest BCUT2D eigenvalue weighted by atomic mass is 9.93. The van der Waals surface area contributed by atoms with Crippen LogP contribution in [-0.2, 0) is 6.42 Å². The van der Waals surface area contributed by atoms with Crippen molar-refractivity contribution >= 4 is 10.8 Å². The van der Waals surface area contributed by atoms with Crippen LogP contribution in [0.3, 0.4) is 0 Å². The van der Waals surface area contributed by atoms with Crippen molar-refractivity contribution in [2.24, 2.45) is 5.92 Å². The van der Waals surface area contributed by atoms with E-state index in [4.69, 9.17) is 9.47 Å². The molecule has 0 fully saturated rings. The molecule has 0 aliphatic heterocycles. The van der Waals surface area contributed by atoms with Crippen molar-refractivity contribution in [2.75, 3.05) is 14.2 Å². The van der Waals surface area contributed by atoms with E-state index < -0.39 is 0 Å². The Bertz CT molecular complexity index is 1610. The minimum atomic E-state index is 0.611. The van der Waals surface area contributed by atoms with Crippen molar-refractivity contribution in [3.63, 3.8) is 0 Å². The lowest BCUT2D eigenvalue weighted by Gasteiger charge is -2.18. The van der Waals surface area contributed by atoms with Crippen LogP contribution in [0.2, 0.25) is 0 Å². The van der Waals surface area contributed by atoms with Gasteiger partial charge in [-0.15, -0.1) is 0 Å². The summed E-state index contributed by atoms with van der Waals surface area (Å²) >= 11 is 0. The van der Waals surface area contributed by atoms with E-state index in [0.29, 0.717) is 5.92 Å². The molecule has 0 amide bonds. The summed E-state index contributed by atoms with van der Waals surface area (Å²) in [5.74, 6) is 2.52. The number of methoxy groups -OCH3 is 2. The SMILES string of the molecule is CCC(C=C(C)CCC=C(C)CCC=C(C)CCC=C(C)CCC=C(C)C)CC(C)=CCCC(C)=CCc1c(C)c(OC)c2ccccc2c1OC. The van der Waals surface area contributed by atoms with E-state index in [1.165, 1.54) is 70.3 Å². The Morgan fingerprint density at radius 2 is 0.981 bits per heavy atom. The predicted molar refractivity (Wildman–Crippen MR) is 232 cm³/mol. The van der Waals surface area contributed by atoms with Crippen LogP contribution in [0.4, 0.5) is 0 Å². The third kappa shape index (κ3) is 16.4. The normalized spacial score (nSPS) is 14.2. The fraction of sp³-hybridized carbons (Fsp3) is 0.520. The molecule has 2 nitrogen and oxygen atoms in total. The van der Waals surface area contributed by atoms with Gasteiger partial charge in [-0.2, -0.15) is 0 Å². The van der Waals surface area contributed by atoms with Crippen molar-refractivity contribution in [2.45, 2.75) is 153 Å². The Balaban J connectivity index is 1.80. The zero-order chi connectivity index (χ0) is 38.5. The fourth-order valence-electron chi connectivity index (χ4n) is 7.05. The van der Waals surface area contributed by atoms with Crippen molar-refractivity contribution < 1.29 is 9.47 Å². The molecule has 2 heteroatoms. The largest absolute Gasteiger partial charge is 0.496 e. The van der Waals surface area contributed by atoms with Crippen molar-refractivity contribution in [1.29, 1.82) is 0 Å². The zero-order valence-corrected chi connectivity index (χ0v) is 35.4. The molecule has 2 aromatic rings. The summed E-state index contributed by atoms with van der Waals surface area (Å²) < 4.78 is 11.8. The smallest absolute Gasteiger partial charge is 0.130 e. The van der Waals surface area contributed by atoms with Crippen LogP contribution < -0.4 is 9.47 Å². The summed E-state index contributed by atoms with van der Waals surface area (Å²) in [4.78, 5) is 0. The second-order valence-electron chi connectivity index (χ2n) is 15.5. The first-order valence-corrected chi connectivity index (χ1v) is 20.1. The highest BCUT2D eigenvalue weighted by Gasteiger charge is 2.17. The number of ether oxygens (including phenoxy) is 2. The highest BCUT2D eigenvalue weighted by Crippen LogP contribution is 2.40. The van der Waals surface area contributed by atoms with E-state index in [1.807, 2.05) is 0 Å². The number of fused-ring (bicyclic) bond motifs is 1. The third-order valence-electron chi connectivity index (χ3n) is 10.4. The molecule has 286 valence electrons. The molecule has 0 bridgehead atoms. The van der Waals surface area contributed by atoms with Gasteiger partial charge in [-0.25, -0.2) is 0 Å². The van der Waals surface area contributed by atoms with Crippen LogP contribution in [-0.4, -0.2) is 14.2 Å². The highest BCUT2D eigenvalue weighted by atomic mass is 16.5. The molecular formula is C50H74O2. The third-order valence-corrected chi connectivity index (χ3v) is 10.4. The molecule has 0 saturated heterocycles. The second-order valence-corrected chi connectivity index (χ2v) is 15.5. The van der Waals surface area contributed by atoms with Gasteiger partial charge in [-0.1, -0.05) is 113 Å². The molecule has 52 heavy (non-hydrogen) atoms. The van der Waals surface area contributed by atoms with Crippen molar-refractivity contribution in [3.05, 3.63) is 117 Å². The maximum Gasteiger partial charge on any atom is 0.130 e. The topological polar surface area (TPSA) is 18.5 Å². The predicted octanol–water partition coefficient (Wildman–Crippen LogP) is 15.7. The van der Waals surface area contributed by atoms with Gasteiger partial charge in [-0.05, 0) is 157 Å². The Hall–Kier alpha value is -3.52. The van der Waals surface area contributed by atoms with Gasteiger partial charge < -0.3 is 9.47 Å². The van der Waals surface area contributed by atoms with Gasteiger partial charge in [0.2, 0.25) is 0 Å². The van der Waals surface area contributed by atoms with Crippen molar-refractivity contribution in [3.8, 4) is 11.5 Å². The minimum absolute atomic E-state index is 0.611. The lowest BCUT2D eigenvalue weighted by molar-refractivity contribution is 0.404. The molecule has 0 spiro atoms. The number of hydrogen-bond acceptors (Lipinski definition) is 2. The van der Waals surface area contributed by atoms with E-state index >= 15 is 0 Å². The minimum Gasteiger partial charge on any atom is -0.496 e. The van der Waals surface area contributed by atoms with E-state index in [1.54, 1.807) is 14.2 Å². The molecule has 2 rings (SSSR count). The Kier molecular flexibility index (Phi) is 21.2. The van der Waals surface area contributed by atoms with Gasteiger partial charge in [0, 0.05) is 16.3 Å². The molecule has 1 unspecified atom stereocenters. The molecule has 0 heterocycles. The van der Waals surface area contributed by atoms with Gasteiger partial charge in [0.05, 0.1) is 14.2 Å². The molecule has 0 aliphatic carbocycles. The second kappa shape index (κ2) is 24.7. The Morgan fingerprint density at radius 1 is 0.558 bits per heavy atom. The zero-order valence-electron chi connectivity index (χ0n) is 35.4. The maximum absolute atomic E-state index is 5.93. The Labute approximate surface area is 320 Å². The first kappa shape index (κ1) is 44.6. The molecule has 0 aromatic heterocycles. The molecule has 0 saturated carbocycles. The summed E-state index contributed by atoms with van der Waals surface area (Å²) in [5, 5.41) is 2.21. The van der Waals surface area contributed by atoms with Crippen LogP contribution >= 0.6 is 0 Å². The van der Waals surface area contributed by atoms with Crippen LogP contribution in [0.25, 0.3) is 10.8 Å². The fourth-order valence-corrected chi connectivity index (χ4v) is 7.05. The number of benzene rings is 2. The number of allylic oxidation sites excluding steroid dienone is 14. The van der Waals surface area contributed by atoms with Crippen LogP contribution in [0, 0.1) is 12.8 Å². The molecule has 2 aromatic carbocycles. The summed E-state index contributed by atoms with van der Waals surface area (Å²) in [6, 6.07) is 8.36. The van der Waals surface area contributed by atoms with Gasteiger partial charge in [-0.3, -0.25) is 0 Å². The number of rotatable bonds is 23. The summed E-state index contributed by atoms with van der Waals surface area (Å²) in [7, 11) is 3.54. The van der Waals surface area contributed by atoms with Gasteiger partial charge >= 0.3 is 0 Å². The molecule has 0 N–H and O–H groups in total. The van der Waals surface area contributed by atoms with E-state index in [-0.39, 0.29) is 0 Å². The average molecular weight is 707 g/mol. The van der Waals surface area contributed by atoms with E-state index in [0.717, 1.165) is 85.6 Å². The Morgan fingerprint density at radius 3 is 1.44 bits per heavy atom. The molecule has 1 atom stereocenters. The van der Waals surface area contributed by atoms with Crippen LogP contribution in [0.5, 0.6) is 11.5 Å². The maximum atomic E-state index is 5.93. The first-order valence-electron chi connectivity index (χ1n) is 20.1. The summed E-state index contributed by atoms with van der Waals surface area (Å²) in [6.45, 7) is 22.6. The lowest BCUT2D eigenvalue weighted by Crippen LogP contribution is -2.00. The highest BCUT2D eigenvalue weighted by molar-refractivity contribution is 5.96. The molecule has 0 radical (unpaired) electrons. The van der Waals surface area contributed by atoms with Crippen molar-refractivity contribution in [1.82, 2.24) is 0 Å². The summed E-state index contributed by atoms with van der Waals surface area (Å²) in [5.41, 5.74) is 12.8. The summed E-state index contributed by atoms with van der Waals surface area (Å²) in [6.07, 6.45) is 31.7. The van der Waals surface area contributed by atoms with Gasteiger partial charge in [0.1, 0.15) is 11.5 Å². The van der Waals surface area contributed by atoms with Gasteiger partial charge in [0.25, 0.3) is 0 Å². The standard InChI is InChI=1S/C50H74O2/c1-13-45(35-42(8)29-19-27-40(6)26-18-25-39(5)24-17-23-38(4)22-16-21-37(2)3)36-43(9)30-20-28-41(7)33-34-46-44(10)49(51-11)47-31-14-15-32-48(47)50(46)52-12/h14-15,21,23,25,27,30-33,35,45H,13,16-20,22,24,26,28-29,34,36H2,1-12H3. The molecule has 0 aliphatic rings. The monoisotopic (exact) mass is 707 g/mol. The van der Waals surface area contributed by atoms with Crippen LogP contribution in [0.15, 0.2) is 106 Å². The molecular weight excluding hydrogens is 633 g/mol. The quantitative estimate of drug-likeness (QED) is 0.107. The van der Waals surface area contributed by atoms with E-state index in [2.05, 4.69) is 136 Å². The first-order chi connectivity index (χ1) is 24.9. The number of hydrogen-bond donors (Lipinski definition) is 0. The van der Waals surface area contributed by atoms with Crippen LogP contribution in [0.1, 0.15) is 150 Å². The van der Waals surface area contributed by atoms with E-state index in [9.17, 15) is 0 Å².